The van der Waals surface area contributed by atoms with Crippen LogP contribution in [0.3, 0.4) is 0 Å². The Morgan fingerprint density at radius 1 is 1.06 bits per heavy atom. The smallest absolute Gasteiger partial charge is 0.347 e. The lowest BCUT2D eigenvalue weighted by atomic mass is 9.96. The highest BCUT2D eigenvalue weighted by molar-refractivity contribution is 7.90. The molecule has 3 aromatic rings. The second-order valence-electron chi connectivity index (χ2n) is 10.6. The Hall–Kier alpha value is -2.46. The van der Waals surface area contributed by atoms with Gasteiger partial charge in [0.2, 0.25) is 10.0 Å². The molecule has 36 heavy (non-hydrogen) atoms. The highest BCUT2D eigenvalue weighted by atomic mass is 32.2. The first kappa shape index (κ1) is 26.6. The third-order valence-electron chi connectivity index (χ3n) is 6.47. The SMILES string of the molecule is CC(C)(C)Cn1cc(C(NS(=O)(=O)C2CCC2)C(F)F)c2ccc(-c3ccccc3C(F)(F)F)cc21. The van der Waals surface area contributed by atoms with Gasteiger partial charge in [-0.25, -0.2) is 21.9 Å². The van der Waals surface area contributed by atoms with E-state index in [9.17, 15) is 30.4 Å². The lowest BCUT2D eigenvalue weighted by Crippen LogP contribution is -2.42. The Bertz CT molecular complexity index is 1350. The van der Waals surface area contributed by atoms with Gasteiger partial charge in [-0.3, -0.25) is 0 Å². The standard InChI is InChI=1S/C26H29F5N2O2S/c1-25(2,3)15-33-14-20(23(24(27)28)32-36(34,35)17-7-6-8-17)19-12-11-16(13-22(19)33)18-9-4-5-10-21(18)26(29,30)31/h4-5,9-14,17,23-24,32H,6-8,15H2,1-3H3. The molecule has 0 bridgehead atoms. The van der Waals surface area contributed by atoms with E-state index in [-0.39, 0.29) is 16.5 Å². The first-order chi connectivity index (χ1) is 16.7. The van der Waals surface area contributed by atoms with Crippen LogP contribution in [-0.2, 0) is 22.7 Å². The van der Waals surface area contributed by atoms with E-state index in [1.54, 1.807) is 10.6 Å². The molecule has 1 aliphatic rings. The zero-order valence-electron chi connectivity index (χ0n) is 20.2. The van der Waals surface area contributed by atoms with Crippen molar-refractivity contribution in [2.75, 3.05) is 0 Å². The molecule has 0 spiro atoms. The van der Waals surface area contributed by atoms with E-state index in [0.717, 1.165) is 12.5 Å². The number of alkyl halides is 5. The Labute approximate surface area is 207 Å². The lowest BCUT2D eigenvalue weighted by Gasteiger charge is -2.28. The van der Waals surface area contributed by atoms with Crippen LogP contribution in [0.4, 0.5) is 22.0 Å². The largest absolute Gasteiger partial charge is 0.417 e. The van der Waals surface area contributed by atoms with Crippen LogP contribution in [0.1, 0.15) is 57.2 Å². The van der Waals surface area contributed by atoms with E-state index >= 15 is 0 Å². The van der Waals surface area contributed by atoms with E-state index in [0.29, 0.717) is 35.9 Å². The van der Waals surface area contributed by atoms with Gasteiger partial charge >= 0.3 is 6.18 Å². The highest BCUT2D eigenvalue weighted by Gasteiger charge is 2.37. The molecule has 1 fully saturated rings. The predicted molar refractivity (Wildman–Crippen MR) is 130 cm³/mol. The molecule has 0 saturated heterocycles. The third kappa shape index (κ3) is 5.44. The zero-order chi connectivity index (χ0) is 26.5. The number of nitrogens with one attached hydrogen (secondary N) is 1. The summed E-state index contributed by atoms with van der Waals surface area (Å²) in [5, 5.41) is -0.318. The van der Waals surface area contributed by atoms with Gasteiger partial charge in [-0.05, 0) is 41.5 Å². The molecule has 1 unspecified atom stereocenters. The van der Waals surface area contributed by atoms with Crippen LogP contribution < -0.4 is 4.72 Å². The van der Waals surface area contributed by atoms with E-state index < -0.39 is 39.5 Å². The number of nitrogens with zero attached hydrogens (tertiary/aromatic N) is 1. The summed E-state index contributed by atoms with van der Waals surface area (Å²) in [6.45, 7) is 6.24. The fourth-order valence-corrected chi connectivity index (χ4v) is 6.29. The van der Waals surface area contributed by atoms with Crippen LogP contribution in [0, 0.1) is 5.41 Å². The van der Waals surface area contributed by atoms with Crippen molar-refractivity contribution in [1.82, 2.24) is 9.29 Å². The molecule has 1 saturated carbocycles. The normalized spacial score (nSPS) is 16.5. The summed E-state index contributed by atoms with van der Waals surface area (Å²) in [5.74, 6) is 0. The van der Waals surface area contributed by atoms with E-state index in [1.165, 1.54) is 36.5 Å². The van der Waals surface area contributed by atoms with Gasteiger partial charge < -0.3 is 4.57 Å². The summed E-state index contributed by atoms with van der Waals surface area (Å²) in [5.41, 5.74) is -0.246. The van der Waals surface area contributed by atoms with Crippen molar-refractivity contribution >= 4 is 20.9 Å². The third-order valence-corrected chi connectivity index (χ3v) is 8.40. The van der Waals surface area contributed by atoms with Gasteiger partial charge in [0, 0.05) is 29.2 Å². The van der Waals surface area contributed by atoms with Gasteiger partial charge in [0.15, 0.2) is 0 Å². The second kappa shape index (κ2) is 9.45. The van der Waals surface area contributed by atoms with Crippen molar-refractivity contribution in [2.24, 2.45) is 5.41 Å². The summed E-state index contributed by atoms with van der Waals surface area (Å²) >= 11 is 0. The summed E-state index contributed by atoms with van der Waals surface area (Å²) in [7, 11) is -3.95. The number of aromatic nitrogens is 1. The Morgan fingerprint density at radius 3 is 2.28 bits per heavy atom. The zero-order valence-corrected chi connectivity index (χ0v) is 21.1. The lowest BCUT2D eigenvalue weighted by molar-refractivity contribution is -0.137. The minimum absolute atomic E-state index is 0.0203. The molecule has 1 aliphatic carbocycles. The number of benzene rings is 2. The number of hydrogen-bond acceptors (Lipinski definition) is 2. The molecule has 2 aromatic carbocycles. The molecule has 10 heteroatoms. The van der Waals surface area contributed by atoms with Crippen LogP contribution in [0.15, 0.2) is 48.7 Å². The molecule has 4 nitrogen and oxygen atoms in total. The Morgan fingerprint density at radius 2 is 1.72 bits per heavy atom. The van der Waals surface area contributed by atoms with Crippen molar-refractivity contribution in [3.05, 3.63) is 59.8 Å². The fraction of sp³-hybridized carbons (Fsp3) is 0.462. The van der Waals surface area contributed by atoms with Gasteiger partial charge in [-0.15, -0.1) is 0 Å². The van der Waals surface area contributed by atoms with Crippen molar-refractivity contribution in [2.45, 2.75) is 70.5 Å². The van der Waals surface area contributed by atoms with Crippen LogP contribution >= 0.6 is 0 Å². The maximum Gasteiger partial charge on any atom is 0.417 e. The monoisotopic (exact) mass is 528 g/mol. The van der Waals surface area contributed by atoms with Crippen molar-refractivity contribution < 1.29 is 30.4 Å². The minimum atomic E-state index is -4.56. The van der Waals surface area contributed by atoms with Gasteiger partial charge in [0.25, 0.3) is 6.43 Å². The summed E-state index contributed by atoms with van der Waals surface area (Å²) in [6.07, 6.45) is -4.49. The Kier molecular flexibility index (Phi) is 6.98. The first-order valence-electron chi connectivity index (χ1n) is 11.8. The average Bonchev–Trinajstić information content (AvgIpc) is 3.05. The number of rotatable bonds is 7. The highest BCUT2D eigenvalue weighted by Crippen LogP contribution is 2.40. The van der Waals surface area contributed by atoms with E-state index in [1.807, 2.05) is 20.8 Å². The topological polar surface area (TPSA) is 51.1 Å². The minimum Gasteiger partial charge on any atom is -0.347 e. The summed E-state index contributed by atoms with van der Waals surface area (Å²) in [6, 6.07) is 7.94. The van der Waals surface area contributed by atoms with Gasteiger partial charge in [0.1, 0.15) is 6.04 Å². The number of sulfonamides is 1. The van der Waals surface area contributed by atoms with Gasteiger partial charge in [-0.1, -0.05) is 57.5 Å². The maximum absolute atomic E-state index is 14.2. The molecule has 196 valence electrons. The number of hydrogen-bond donors (Lipinski definition) is 1. The number of halogens is 5. The maximum atomic E-state index is 14.2. The second-order valence-corrected chi connectivity index (χ2v) is 12.6. The first-order valence-corrected chi connectivity index (χ1v) is 13.3. The van der Waals surface area contributed by atoms with Crippen molar-refractivity contribution in [3.63, 3.8) is 0 Å². The molecule has 1 heterocycles. The Balaban J connectivity index is 1.87. The van der Waals surface area contributed by atoms with Crippen LogP contribution in [0.5, 0.6) is 0 Å². The quantitative estimate of drug-likeness (QED) is 0.331. The summed E-state index contributed by atoms with van der Waals surface area (Å²) in [4.78, 5) is 0. The average molecular weight is 529 g/mol. The molecule has 0 radical (unpaired) electrons. The molecule has 0 amide bonds. The molecule has 1 aromatic heterocycles. The van der Waals surface area contributed by atoms with E-state index in [4.69, 9.17) is 0 Å². The molecular weight excluding hydrogens is 499 g/mol. The predicted octanol–water partition coefficient (Wildman–Crippen LogP) is 7.15. The molecule has 1 N–H and O–H groups in total. The molecular formula is C26H29F5N2O2S. The fourth-order valence-electron chi connectivity index (χ4n) is 4.56. The van der Waals surface area contributed by atoms with Gasteiger partial charge in [0.05, 0.1) is 10.8 Å². The van der Waals surface area contributed by atoms with E-state index in [2.05, 4.69) is 4.72 Å². The molecule has 1 atom stereocenters. The van der Waals surface area contributed by atoms with Crippen LogP contribution in [0.25, 0.3) is 22.0 Å². The van der Waals surface area contributed by atoms with Crippen molar-refractivity contribution in [3.8, 4) is 11.1 Å². The van der Waals surface area contributed by atoms with Crippen molar-refractivity contribution in [1.29, 1.82) is 0 Å². The van der Waals surface area contributed by atoms with Crippen LogP contribution in [-0.4, -0.2) is 24.7 Å². The van der Waals surface area contributed by atoms with Gasteiger partial charge in [-0.2, -0.15) is 13.2 Å². The molecule has 4 rings (SSSR count). The summed E-state index contributed by atoms with van der Waals surface area (Å²) < 4.78 is 98.7. The number of fused-ring (bicyclic) bond motifs is 1. The molecule has 0 aliphatic heterocycles. The van der Waals surface area contributed by atoms with Crippen LogP contribution in [0.2, 0.25) is 0 Å².